The Morgan fingerprint density at radius 3 is 2.71 bits per heavy atom. The Bertz CT molecular complexity index is 1220. The van der Waals surface area contributed by atoms with Crippen molar-refractivity contribution in [2.45, 2.75) is 20.0 Å². The van der Waals surface area contributed by atoms with Gasteiger partial charge in [-0.2, -0.15) is 4.98 Å². The van der Waals surface area contributed by atoms with Crippen LogP contribution >= 0.6 is 11.3 Å². The molecule has 0 aliphatic rings. The van der Waals surface area contributed by atoms with Crippen molar-refractivity contribution in [3.05, 3.63) is 52.2 Å². The van der Waals surface area contributed by atoms with Crippen LogP contribution in [0.1, 0.15) is 11.1 Å². The summed E-state index contributed by atoms with van der Waals surface area (Å²) in [6.45, 7) is 2.25. The quantitative estimate of drug-likeness (QED) is 0.543. The number of carbonyl (C=O) groups excluding carboxylic acids is 1. The van der Waals surface area contributed by atoms with Crippen LogP contribution in [0.15, 0.2) is 35.4 Å². The minimum Gasteiger partial charge on any atom is -0.354 e. The molecule has 0 aliphatic carbocycles. The smallest absolute Gasteiger partial charge is 0.352 e. The number of fused-ring (bicyclic) bond motifs is 3. The number of hydrogen-bond acceptors (Lipinski definition) is 7. The molecule has 0 spiro atoms. The topological polar surface area (TPSA) is 97.4 Å². The Morgan fingerprint density at radius 2 is 2.00 bits per heavy atom. The van der Waals surface area contributed by atoms with Gasteiger partial charge in [0, 0.05) is 20.6 Å². The van der Waals surface area contributed by atoms with E-state index < -0.39 is 5.69 Å². The average molecular weight is 397 g/mol. The molecule has 1 N–H and O–H groups in total. The zero-order chi connectivity index (χ0) is 19.8. The van der Waals surface area contributed by atoms with E-state index in [2.05, 4.69) is 20.4 Å². The highest BCUT2D eigenvalue weighted by Gasteiger charge is 2.17. The van der Waals surface area contributed by atoms with Crippen LogP contribution in [0.5, 0.6) is 0 Å². The molecule has 0 bridgehead atoms. The van der Waals surface area contributed by atoms with E-state index in [1.165, 1.54) is 22.1 Å². The lowest BCUT2D eigenvalue weighted by Crippen LogP contribution is -2.32. The van der Waals surface area contributed by atoms with Gasteiger partial charge in [-0.15, -0.1) is 5.10 Å². The predicted octanol–water partition coefficient (Wildman–Crippen LogP) is 1.19. The molecular weight excluding hydrogens is 378 g/mol. The van der Waals surface area contributed by atoms with Gasteiger partial charge in [0.1, 0.15) is 17.6 Å². The zero-order valence-corrected chi connectivity index (χ0v) is 16.5. The van der Waals surface area contributed by atoms with Crippen molar-refractivity contribution >= 4 is 38.4 Å². The molecule has 0 fully saturated rings. The summed E-state index contributed by atoms with van der Waals surface area (Å²) in [4.78, 5) is 35.4. The average Bonchev–Trinajstić information content (AvgIpc) is 3.23. The molecule has 4 aromatic rings. The van der Waals surface area contributed by atoms with Gasteiger partial charge < -0.3 is 10.2 Å². The summed E-state index contributed by atoms with van der Waals surface area (Å²) in [7, 11) is 3.77. The molecule has 1 aromatic carbocycles. The summed E-state index contributed by atoms with van der Waals surface area (Å²) in [6, 6.07) is 7.90. The molecule has 0 aliphatic heterocycles. The molecule has 4 rings (SSSR count). The third-order valence-electron chi connectivity index (χ3n) is 4.25. The number of anilines is 1. The van der Waals surface area contributed by atoms with Crippen molar-refractivity contribution in [1.82, 2.24) is 29.5 Å². The van der Waals surface area contributed by atoms with Crippen LogP contribution in [0.3, 0.4) is 0 Å². The molecule has 144 valence electrons. The first-order valence-corrected chi connectivity index (χ1v) is 9.48. The van der Waals surface area contributed by atoms with Crippen LogP contribution in [0.4, 0.5) is 5.13 Å². The van der Waals surface area contributed by atoms with E-state index in [0.29, 0.717) is 22.5 Å². The monoisotopic (exact) mass is 397 g/mol. The first kappa shape index (κ1) is 18.1. The molecular formula is C18H19N7O2S. The van der Waals surface area contributed by atoms with Gasteiger partial charge >= 0.3 is 5.69 Å². The molecule has 0 saturated carbocycles. The fourth-order valence-electron chi connectivity index (χ4n) is 2.72. The lowest BCUT2D eigenvalue weighted by Gasteiger charge is -2.05. The second-order valence-electron chi connectivity index (χ2n) is 6.68. The normalized spacial score (nSPS) is 11.2. The highest BCUT2D eigenvalue weighted by Crippen LogP contribution is 2.28. The lowest BCUT2D eigenvalue weighted by atomic mass is 10.1. The van der Waals surface area contributed by atoms with Crippen LogP contribution < -0.4 is 15.9 Å². The van der Waals surface area contributed by atoms with Crippen molar-refractivity contribution < 1.29 is 4.79 Å². The number of aromatic nitrogens is 5. The fourth-order valence-corrected chi connectivity index (χ4v) is 3.64. The summed E-state index contributed by atoms with van der Waals surface area (Å²) in [5.41, 5.74) is 2.73. The van der Waals surface area contributed by atoms with Gasteiger partial charge in [0.15, 0.2) is 16.4 Å². The number of aryl methyl sites for hydroxylation is 1. The molecule has 1 amide bonds. The summed E-state index contributed by atoms with van der Waals surface area (Å²) >= 11 is 1.40. The van der Waals surface area contributed by atoms with Gasteiger partial charge in [-0.05, 0) is 12.5 Å². The molecule has 10 heteroatoms. The van der Waals surface area contributed by atoms with Crippen LogP contribution in [-0.2, 0) is 17.9 Å². The van der Waals surface area contributed by atoms with Crippen LogP contribution in [-0.4, -0.2) is 44.2 Å². The summed E-state index contributed by atoms with van der Waals surface area (Å²) in [6.07, 6.45) is 1.40. The second kappa shape index (κ2) is 7.04. The molecule has 28 heavy (non-hydrogen) atoms. The number of amides is 1. The molecule has 0 radical (unpaired) electrons. The maximum Gasteiger partial charge on any atom is 0.352 e. The molecule has 0 atom stereocenters. The van der Waals surface area contributed by atoms with Gasteiger partial charge in [0.25, 0.3) is 0 Å². The zero-order valence-electron chi connectivity index (χ0n) is 15.7. The minimum atomic E-state index is -0.408. The first-order valence-electron chi connectivity index (χ1n) is 8.66. The van der Waals surface area contributed by atoms with Crippen LogP contribution in [0.25, 0.3) is 16.0 Å². The van der Waals surface area contributed by atoms with Gasteiger partial charge in [-0.3, -0.25) is 4.79 Å². The van der Waals surface area contributed by atoms with E-state index in [1.54, 1.807) is 0 Å². The standard InChI is InChI=1S/C18H19N7O2S/c1-11-4-6-12(7-5-11)8-19-13(26)9-25-18(27)24-10-20-15-14(16(24)22-25)28-17(21-15)23(2)3/h4-7,10H,8-9H2,1-3H3,(H,19,26). The van der Waals surface area contributed by atoms with Gasteiger partial charge in [0.05, 0.1) is 0 Å². The summed E-state index contributed by atoms with van der Waals surface area (Å²) < 4.78 is 3.20. The van der Waals surface area contributed by atoms with Gasteiger partial charge in [0.2, 0.25) is 5.91 Å². The Balaban J connectivity index is 1.57. The third-order valence-corrected chi connectivity index (χ3v) is 5.46. The molecule has 3 heterocycles. The Kier molecular flexibility index (Phi) is 4.55. The molecule has 3 aromatic heterocycles. The predicted molar refractivity (Wildman–Crippen MR) is 108 cm³/mol. The van der Waals surface area contributed by atoms with E-state index in [0.717, 1.165) is 20.9 Å². The van der Waals surface area contributed by atoms with Gasteiger partial charge in [-0.1, -0.05) is 41.2 Å². The highest BCUT2D eigenvalue weighted by atomic mass is 32.1. The van der Waals surface area contributed by atoms with E-state index in [4.69, 9.17) is 0 Å². The van der Waals surface area contributed by atoms with Gasteiger partial charge in [-0.25, -0.2) is 18.9 Å². The molecule has 0 saturated heterocycles. The second-order valence-corrected chi connectivity index (χ2v) is 7.66. The third kappa shape index (κ3) is 3.33. The Labute approximate surface area is 164 Å². The van der Waals surface area contributed by atoms with Crippen molar-refractivity contribution in [1.29, 1.82) is 0 Å². The lowest BCUT2D eigenvalue weighted by molar-refractivity contribution is -0.122. The van der Waals surface area contributed by atoms with Crippen molar-refractivity contribution in [2.24, 2.45) is 0 Å². The van der Waals surface area contributed by atoms with E-state index in [1.807, 2.05) is 50.2 Å². The maximum atomic E-state index is 12.6. The minimum absolute atomic E-state index is 0.160. The van der Waals surface area contributed by atoms with Crippen molar-refractivity contribution in [3.8, 4) is 0 Å². The number of nitrogens with zero attached hydrogens (tertiary/aromatic N) is 6. The number of rotatable bonds is 5. The largest absolute Gasteiger partial charge is 0.354 e. The van der Waals surface area contributed by atoms with E-state index in [-0.39, 0.29) is 12.5 Å². The van der Waals surface area contributed by atoms with E-state index >= 15 is 0 Å². The van der Waals surface area contributed by atoms with E-state index in [9.17, 15) is 9.59 Å². The Morgan fingerprint density at radius 1 is 1.25 bits per heavy atom. The summed E-state index contributed by atoms with van der Waals surface area (Å²) in [5, 5.41) is 7.92. The van der Waals surface area contributed by atoms with Crippen molar-refractivity contribution in [2.75, 3.05) is 19.0 Å². The Hall–Kier alpha value is -3.27. The maximum absolute atomic E-state index is 12.6. The van der Waals surface area contributed by atoms with Crippen LogP contribution in [0, 0.1) is 6.92 Å². The number of benzene rings is 1. The number of nitrogens with one attached hydrogen (secondary N) is 1. The number of carbonyl (C=O) groups is 1. The first-order chi connectivity index (χ1) is 13.4. The fraction of sp³-hybridized carbons (Fsp3) is 0.278. The van der Waals surface area contributed by atoms with Crippen molar-refractivity contribution in [3.63, 3.8) is 0 Å². The molecule has 9 nitrogen and oxygen atoms in total. The highest BCUT2D eigenvalue weighted by molar-refractivity contribution is 7.22. The number of hydrogen-bond donors (Lipinski definition) is 1. The summed E-state index contributed by atoms with van der Waals surface area (Å²) in [5.74, 6) is -0.284. The number of thiazole rings is 1. The van der Waals surface area contributed by atoms with Crippen LogP contribution in [0.2, 0.25) is 0 Å². The SMILES string of the molecule is Cc1ccc(CNC(=O)Cn2nc3c4sc(N(C)C)nc4ncn3c2=O)cc1. The molecule has 0 unspecified atom stereocenters.